The molecule has 3 N–H and O–H groups in total. The Labute approximate surface area is 367 Å². The number of aryl methyl sites for hydroxylation is 2. The molecule has 0 spiro atoms. The molecule has 16 heteroatoms. The van der Waals surface area contributed by atoms with Crippen LogP contribution in [0.4, 0.5) is 10.7 Å². The number of anilines is 1. The van der Waals surface area contributed by atoms with Crippen molar-refractivity contribution in [2.24, 2.45) is 0 Å². The number of hydrogen-bond acceptors (Lipinski definition) is 10. The largest absolute Gasteiger partial charge is 0.489 e. The Morgan fingerprint density at radius 2 is 1.63 bits per heavy atom. The maximum Gasteiger partial charge on any atom is 0.325 e. The molecular formula is C46H43Cl2N5O9. The van der Waals surface area contributed by atoms with Crippen LogP contribution in [0.15, 0.2) is 102 Å². The van der Waals surface area contributed by atoms with Gasteiger partial charge in [-0.3, -0.25) is 19.9 Å². The average molecular weight is 881 g/mol. The zero-order chi connectivity index (χ0) is 43.8. The first-order chi connectivity index (χ1) is 30.0. The summed E-state index contributed by atoms with van der Waals surface area (Å²) in [6.45, 7) is 6.59. The van der Waals surface area contributed by atoms with Gasteiger partial charge in [-0.2, -0.15) is 0 Å². The van der Waals surface area contributed by atoms with Crippen LogP contribution >= 0.6 is 23.2 Å². The lowest BCUT2D eigenvalue weighted by Crippen LogP contribution is -2.54. The predicted octanol–water partition coefficient (Wildman–Crippen LogP) is 9.20. The number of carboxylic acid groups (broad SMARTS) is 1. The molecule has 62 heavy (non-hydrogen) atoms. The fourth-order valence-corrected chi connectivity index (χ4v) is 7.28. The van der Waals surface area contributed by atoms with Crippen LogP contribution in [0.25, 0.3) is 0 Å². The summed E-state index contributed by atoms with van der Waals surface area (Å²) >= 11 is 12.2. The lowest BCUT2D eigenvalue weighted by atomic mass is 9.92. The highest BCUT2D eigenvalue weighted by molar-refractivity contribution is 6.42. The van der Waals surface area contributed by atoms with Crippen LogP contribution in [0, 0.1) is 20.8 Å². The number of fused-ring (bicyclic) bond motifs is 2. The van der Waals surface area contributed by atoms with Gasteiger partial charge in [0.05, 0.1) is 15.7 Å². The second-order valence-electron chi connectivity index (χ2n) is 14.6. The van der Waals surface area contributed by atoms with E-state index in [4.69, 9.17) is 56.6 Å². The molecule has 2 aliphatic rings. The number of carbonyl (C=O) groups is 3. The normalized spacial score (nSPS) is 15.0. The number of amides is 3. The van der Waals surface area contributed by atoms with Crippen LogP contribution in [0.5, 0.6) is 28.7 Å². The van der Waals surface area contributed by atoms with E-state index in [1.165, 1.54) is 4.90 Å². The van der Waals surface area contributed by atoms with Gasteiger partial charge in [-0.05, 0) is 110 Å². The molecule has 3 amide bonds. The molecular weight excluding hydrogens is 837 g/mol. The number of carbonyl (C=O) groups excluding carboxylic acids is 2. The molecule has 2 atom stereocenters. The van der Waals surface area contributed by atoms with E-state index in [-0.39, 0.29) is 37.3 Å². The number of ether oxygens (including phenoxy) is 4. The van der Waals surface area contributed by atoms with Gasteiger partial charge in [0.2, 0.25) is 11.8 Å². The minimum atomic E-state index is -0.804. The summed E-state index contributed by atoms with van der Waals surface area (Å²) in [7, 11) is 0. The van der Waals surface area contributed by atoms with E-state index in [1.807, 2.05) is 86.6 Å². The van der Waals surface area contributed by atoms with Crippen molar-refractivity contribution in [3.8, 4) is 28.7 Å². The Bertz CT molecular complexity index is 2550. The summed E-state index contributed by atoms with van der Waals surface area (Å²) in [5, 5.41) is 17.6. The highest BCUT2D eigenvalue weighted by Crippen LogP contribution is 2.41. The van der Waals surface area contributed by atoms with Gasteiger partial charge >= 0.3 is 6.03 Å². The summed E-state index contributed by atoms with van der Waals surface area (Å²) in [5.41, 5.74) is 7.09. The predicted molar refractivity (Wildman–Crippen MR) is 231 cm³/mol. The van der Waals surface area contributed by atoms with Crippen molar-refractivity contribution in [3.63, 3.8) is 0 Å². The Morgan fingerprint density at radius 1 is 0.903 bits per heavy atom. The molecule has 0 saturated heterocycles. The smallest absolute Gasteiger partial charge is 0.325 e. The van der Waals surface area contributed by atoms with Crippen LogP contribution in [-0.4, -0.2) is 57.8 Å². The van der Waals surface area contributed by atoms with E-state index >= 15 is 0 Å². The molecule has 4 aromatic carbocycles. The third kappa shape index (κ3) is 10.6. The van der Waals surface area contributed by atoms with Gasteiger partial charge in [-0.1, -0.05) is 58.7 Å². The number of nitrogens with zero attached hydrogens (tertiary/aromatic N) is 3. The quantitative estimate of drug-likeness (QED) is 0.106. The molecule has 320 valence electrons. The number of rotatable bonds is 11. The molecule has 0 bridgehead atoms. The highest BCUT2D eigenvalue weighted by Gasteiger charge is 2.37. The van der Waals surface area contributed by atoms with Crippen LogP contribution in [-0.2, 0) is 35.6 Å². The van der Waals surface area contributed by atoms with E-state index in [2.05, 4.69) is 20.8 Å². The van der Waals surface area contributed by atoms with E-state index < -0.39 is 12.1 Å². The molecule has 2 aromatic heterocycles. The number of hydrogen-bond donors (Lipinski definition) is 3. The van der Waals surface area contributed by atoms with Gasteiger partial charge in [0.1, 0.15) is 36.5 Å². The summed E-state index contributed by atoms with van der Waals surface area (Å²) in [6.07, 6.45) is 2.21. The second-order valence-corrected chi connectivity index (χ2v) is 15.4. The lowest BCUT2D eigenvalue weighted by Gasteiger charge is -2.37. The Balaban J connectivity index is 0.00000187. The molecule has 2 unspecified atom stereocenters. The van der Waals surface area contributed by atoms with Crippen molar-refractivity contribution in [3.05, 3.63) is 152 Å². The molecule has 14 nitrogen and oxygen atoms in total. The van der Waals surface area contributed by atoms with Gasteiger partial charge in [0.25, 0.3) is 6.47 Å². The van der Waals surface area contributed by atoms with E-state index in [0.29, 0.717) is 64.9 Å². The van der Waals surface area contributed by atoms with Crippen LogP contribution in [0.3, 0.4) is 0 Å². The van der Waals surface area contributed by atoms with Gasteiger partial charge in [0, 0.05) is 43.0 Å². The van der Waals surface area contributed by atoms with Crippen LogP contribution in [0.1, 0.15) is 50.9 Å². The summed E-state index contributed by atoms with van der Waals surface area (Å²) in [4.78, 5) is 41.8. The summed E-state index contributed by atoms with van der Waals surface area (Å²) < 4.78 is 30.0. The minimum Gasteiger partial charge on any atom is -0.489 e. The fourth-order valence-electron chi connectivity index (χ4n) is 6.96. The number of nitrogens with one attached hydrogen (secondary N) is 2. The van der Waals surface area contributed by atoms with Gasteiger partial charge in [-0.25, -0.2) is 4.79 Å². The first-order valence-corrected chi connectivity index (χ1v) is 20.4. The molecule has 0 saturated carbocycles. The number of benzene rings is 4. The van der Waals surface area contributed by atoms with Crippen molar-refractivity contribution < 1.29 is 43.0 Å². The van der Waals surface area contributed by atoms with Gasteiger partial charge < -0.3 is 38.8 Å². The Hall–Kier alpha value is -6.77. The molecule has 6 aromatic rings. The minimum absolute atomic E-state index is 0.149. The van der Waals surface area contributed by atoms with Crippen molar-refractivity contribution >= 4 is 47.5 Å². The monoisotopic (exact) mass is 879 g/mol. The van der Waals surface area contributed by atoms with Crippen molar-refractivity contribution in [2.45, 2.75) is 58.9 Å². The van der Waals surface area contributed by atoms with Crippen LogP contribution in [0.2, 0.25) is 10.0 Å². The van der Waals surface area contributed by atoms with Crippen molar-refractivity contribution in [2.75, 3.05) is 18.5 Å². The molecule has 2 aliphatic heterocycles. The van der Waals surface area contributed by atoms with Gasteiger partial charge in [-0.15, -0.1) is 0 Å². The van der Waals surface area contributed by atoms with E-state index in [0.717, 1.165) is 44.8 Å². The molecule has 0 aliphatic carbocycles. The first-order valence-electron chi connectivity index (χ1n) is 19.7. The van der Waals surface area contributed by atoms with E-state index in [1.54, 1.807) is 31.3 Å². The SMILES string of the molecule is Cc1cc(NC(=O)N2Cc3cc4c(cc3CC2C(=O)NCCc2ccc(Oc3ccnc(C)c3C)cc2)OCC(c2ccc(OCc3ccc(Cl)c(Cl)c3)cc2)O4)on1.O=CO. The third-order valence-electron chi connectivity index (χ3n) is 10.4. The number of halogens is 2. The van der Waals surface area contributed by atoms with Crippen LogP contribution < -0.4 is 29.6 Å². The van der Waals surface area contributed by atoms with Crippen molar-refractivity contribution in [1.82, 2.24) is 20.4 Å². The molecule has 8 rings (SSSR count). The Morgan fingerprint density at radius 3 is 2.35 bits per heavy atom. The number of aromatic nitrogens is 2. The molecule has 4 heterocycles. The topological polar surface area (TPSA) is 175 Å². The molecule has 0 fully saturated rings. The van der Waals surface area contributed by atoms with Crippen molar-refractivity contribution in [1.29, 1.82) is 0 Å². The summed E-state index contributed by atoms with van der Waals surface area (Å²) in [6, 6.07) is 26.8. The Kier molecular flexibility index (Phi) is 13.8. The van der Waals surface area contributed by atoms with Gasteiger partial charge in [0.15, 0.2) is 17.6 Å². The highest BCUT2D eigenvalue weighted by atomic mass is 35.5. The zero-order valence-corrected chi connectivity index (χ0v) is 35.5. The number of pyridine rings is 1. The second kappa shape index (κ2) is 19.7. The summed E-state index contributed by atoms with van der Waals surface area (Å²) in [5.74, 6) is 3.20. The third-order valence-corrected chi connectivity index (χ3v) is 11.1. The van der Waals surface area contributed by atoms with E-state index in [9.17, 15) is 9.59 Å². The number of urea groups is 1. The first kappa shape index (κ1) is 43.3. The standard InChI is InChI=1S/C45H41Cl2N5O7.CH2O2/c1-26-18-43(59-51-26)50-45(54)52-23-33-22-41-40(56-25-42(58-41)31-7-11-34(12-8-31)55-24-30-6-13-36(46)37(47)19-30)21-32(33)20-38(52)44(53)49-16-14-29-4-9-35(10-5-29)57-39-15-17-48-28(3)27(39)2;2-1-3/h4-13,15,17-19,21-22,38,42H,14,16,20,23-25H2,1-3H3,(H,49,53)(H,50,54);1H,(H,2,3). The zero-order valence-electron chi connectivity index (χ0n) is 34.0. The lowest BCUT2D eigenvalue weighted by molar-refractivity contribution is -0.126. The average Bonchev–Trinajstić information content (AvgIpc) is 3.69. The molecule has 0 radical (unpaired) electrons. The maximum atomic E-state index is 13.9. The fraction of sp³-hybridized carbons (Fsp3) is 0.239. The maximum absolute atomic E-state index is 13.9.